The van der Waals surface area contributed by atoms with Crippen molar-refractivity contribution in [3.8, 4) is 5.75 Å². The molecule has 1 fully saturated rings. The normalized spacial score (nSPS) is 21.6. The van der Waals surface area contributed by atoms with Gasteiger partial charge in [0.1, 0.15) is 5.75 Å². The van der Waals surface area contributed by atoms with E-state index in [-0.39, 0.29) is 17.9 Å². The van der Waals surface area contributed by atoms with E-state index in [1.165, 1.54) is 0 Å². The number of nitrogens with one attached hydrogen (secondary N) is 2. The van der Waals surface area contributed by atoms with Gasteiger partial charge in [-0.1, -0.05) is 19.1 Å². The van der Waals surface area contributed by atoms with E-state index in [0.29, 0.717) is 11.4 Å². The zero-order chi connectivity index (χ0) is 15.2. The molecule has 1 heterocycles. The van der Waals surface area contributed by atoms with Crippen LogP contribution in [0.15, 0.2) is 24.3 Å². The van der Waals surface area contributed by atoms with Crippen LogP contribution in [0.3, 0.4) is 0 Å². The highest BCUT2D eigenvalue weighted by Gasteiger charge is 2.27. The van der Waals surface area contributed by atoms with Crippen LogP contribution in [0.5, 0.6) is 5.75 Å². The van der Waals surface area contributed by atoms with Crippen molar-refractivity contribution in [2.45, 2.75) is 25.8 Å². The van der Waals surface area contributed by atoms with E-state index < -0.39 is 12.6 Å². The number of carbonyl (C=O) groups excluding carboxylic acids is 1. The maximum Gasteiger partial charge on any atom is 0.341 e. The number of anilines is 1. The van der Waals surface area contributed by atoms with Gasteiger partial charge in [0.15, 0.2) is 6.61 Å². The number of rotatable bonds is 5. The fraction of sp³-hybridized carbons (Fsp3) is 0.467. The number of carboxylic acid groups (broad SMARTS) is 1. The Morgan fingerprint density at radius 3 is 2.90 bits per heavy atom. The molecule has 1 aromatic rings. The highest BCUT2D eigenvalue weighted by atomic mass is 16.5. The topological polar surface area (TPSA) is 87.7 Å². The molecular weight excluding hydrogens is 272 g/mol. The summed E-state index contributed by atoms with van der Waals surface area (Å²) >= 11 is 0. The number of aliphatic carboxylic acids is 1. The van der Waals surface area contributed by atoms with Crippen molar-refractivity contribution in [1.82, 2.24) is 5.32 Å². The summed E-state index contributed by atoms with van der Waals surface area (Å²) in [5.74, 6) is -0.546. The number of carboxylic acids is 1. The standard InChI is InChI=1S/C15H20N2O4/c1-10-5-4-8-16-14(10)15(20)17-11-6-2-3-7-12(11)21-9-13(18)19/h2-3,6-7,10,14,16H,4-5,8-9H2,1H3,(H,17,20)(H,18,19). The number of para-hydroxylation sites is 2. The minimum absolute atomic E-state index is 0.117. The first-order valence-electron chi connectivity index (χ1n) is 7.06. The summed E-state index contributed by atoms with van der Waals surface area (Å²) in [7, 11) is 0. The fourth-order valence-corrected chi connectivity index (χ4v) is 2.45. The van der Waals surface area contributed by atoms with Crippen LogP contribution in [0.25, 0.3) is 0 Å². The van der Waals surface area contributed by atoms with E-state index in [1.807, 2.05) is 6.92 Å². The molecule has 0 aliphatic carbocycles. The van der Waals surface area contributed by atoms with Crippen LogP contribution in [0.1, 0.15) is 19.8 Å². The predicted molar refractivity (Wildman–Crippen MR) is 78.4 cm³/mol. The van der Waals surface area contributed by atoms with E-state index >= 15 is 0 Å². The monoisotopic (exact) mass is 292 g/mol. The number of piperidine rings is 1. The molecule has 3 N–H and O–H groups in total. The molecule has 2 unspecified atom stereocenters. The van der Waals surface area contributed by atoms with Gasteiger partial charge in [0, 0.05) is 0 Å². The van der Waals surface area contributed by atoms with Crippen molar-refractivity contribution in [2.24, 2.45) is 5.92 Å². The van der Waals surface area contributed by atoms with Crippen LogP contribution in [-0.4, -0.2) is 36.2 Å². The molecule has 0 radical (unpaired) electrons. The minimum atomic E-state index is -1.06. The van der Waals surface area contributed by atoms with Gasteiger partial charge in [0.05, 0.1) is 11.7 Å². The first kappa shape index (κ1) is 15.3. The SMILES string of the molecule is CC1CCCNC1C(=O)Nc1ccccc1OCC(=O)O. The molecule has 21 heavy (non-hydrogen) atoms. The summed E-state index contributed by atoms with van der Waals surface area (Å²) in [5, 5.41) is 14.7. The molecule has 0 aromatic heterocycles. The summed E-state index contributed by atoms with van der Waals surface area (Å²) in [4.78, 5) is 22.9. The van der Waals surface area contributed by atoms with E-state index in [1.54, 1.807) is 24.3 Å². The Labute approximate surface area is 123 Å². The number of amides is 1. The maximum atomic E-state index is 12.3. The maximum absolute atomic E-state index is 12.3. The lowest BCUT2D eigenvalue weighted by atomic mass is 9.92. The third-order valence-electron chi connectivity index (χ3n) is 3.55. The molecule has 1 aromatic carbocycles. The van der Waals surface area contributed by atoms with Crippen LogP contribution in [0.4, 0.5) is 5.69 Å². The van der Waals surface area contributed by atoms with E-state index in [4.69, 9.17) is 9.84 Å². The van der Waals surface area contributed by atoms with Gasteiger partial charge < -0.3 is 20.5 Å². The Kier molecular flexibility index (Phi) is 5.16. The Morgan fingerprint density at radius 2 is 2.19 bits per heavy atom. The smallest absolute Gasteiger partial charge is 0.341 e. The molecule has 6 nitrogen and oxygen atoms in total. The lowest BCUT2D eigenvalue weighted by Gasteiger charge is -2.29. The van der Waals surface area contributed by atoms with Crippen molar-refractivity contribution in [3.05, 3.63) is 24.3 Å². The second kappa shape index (κ2) is 7.08. The molecular formula is C15H20N2O4. The Hall–Kier alpha value is -2.08. The number of ether oxygens (including phenoxy) is 1. The van der Waals surface area contributed by atoms with Crippen LogP contribution in [0.2, 0.25) is 0 Å². The van der Waals surface area contributed by atoms with Gasteiger partial charge >= 0.3 is 5.97 Å². The van der Waals surface area contributed by atoms with Crippen LogP contribution in [0, 0.1) is 5.92 Å². The third kappa shape index (κ3) is 4.19. The summed E-state index contributed by atoms with van der Waals surface area (Å²) in [6.45, 7) is 2.44. The van der Waals surface area contributed by atoms with Gasteiger partial charge in [0.2, 0.25) is 5.91 Å². The first-order valence-corrected chi connectivity index (χ1v) is 7.06. The van der Waals surface area contributed by atoms with Crippen LogP contribution in [-0.2, 0) is 9.59 Å². The number of benzene rings is 1. The Bertz CT molecular complexity index is 518. The molecule has 1 aliphatic rings. The molecule has 114 valence electrons. The Balaban J connectivity index is 2.04. The minimum Gasteiger partial charge on any atom is -0.480 e. The van der Waals surface area contributed by atoms with E-state index in [2.05, 4.69) is 10.6 Å². The molecule has 1 amide bonds. The summed E-state index contributed by atoms with van der Waals surface area (Å²) in [5.41, 5.74) is 0.489. The average Bonchev–Trinajstić information content (AvgIpc) is 2.46. The zero-order valence-corrected chi connectivity index (χ0v) is 12.0. The molecule has 0 saturated carbocycles. The Morgan fingerprint density at radius 1 is 1.43 bits per heavy atom. The summed E-state index contributed by atoms with van der Waals surface area (Å²) in [6, 6.07) is 6.60. The quantitative estimate of drug-likeness (QED) is 0.765. The van der Waals surface area contributed by atoms with Crippen molar-refractivity contribution in [2.75, 3.05) is 18.5 Å². The molecule has 1 aliphatic heterocycles. The fourth-order valence-electron chi connectivity index (χ4n) is 2.45. The molecule has 2 rings (SSSR count). The lowest BCUT2D eigenvalue weighted by molar-refractivity contribution is -0.139. The molecule has 6 heteroatoms. The van der Waals surface area contributed by atoms with Gasteiger partial charge in [-0.05, 0) is 37.4 Å². The van der Waals surface area contributed by atoms with Crippen molar-refractivity contribution in [1.29, 1.82) is 0 Å². The highest BCUT2D eigenvalue weighted by molar-refractivity contribution is 5.96. The third-order valence-corrected chi connectivity index (χ3v) is 3.55. The van der Waals surface area contributed by atoms with E-state index in [9.17, 15) is 9.59 Å². The second-order valence-corrected chi connectivity index (χ2v) is 5.22. The summed E-state index contributed by atoms with van der Waals surface area (Å²) in [6.07, 6.45) is 2.09. The second-order valence-electron chi connectivity index (χ2n) is 5.22. The molecule has 0 spiro atoms. The van der Waals surface area contributed by atoms with Gasteiger partial charge in [0.25, 0.3) is 0 Å². The van der Waals surface area contributed by atoms with Gasteiger partial charge in [-0.3, -0.25) is 4.79 Å². The molecule has 2 atom stereocenters. The zero-order valence-electron chi connectivity index (χ0n) is 12.0. The number of hydrogen-bond donors (Lipinski definition) is 3. The predicted octanol–water partition coefficient (Wildman–Crippen LogP) is 1.48. The lowest BCUT2D eigenvalue weighted by Crippen LogP contribution is -2.48. The number of carbonyl (C=O) groups is 2. The van der Waals surface area contributed by atoms with Gasteiger partial charge in [-0.2, -0.15) is 0 Å². The van der Waals surface area contributed by atoms with Crippen LogP contribution < -0.4 is 15.4 Å². The molecule has 0 bridgehead atoms. The summed E-state index contributed by atoms with van der Waals surface area (Å²) < 4.78 is 5.18. The average molecular weight is 292 g/mol. The van der Waals surface area contributed by atoms with Gasteiger partial charge in [-0.25, -0.2) is 4.79 Å². The van der Waals surface area contributed by atoms with Gasteiger partial charge in [-0.15, -0.1) is 0 Å². The van der Waals surface area contributed by atoms with Crippen molar-refractivity contribution >= 4 is 17.6 Å². The highest BCUT2D eigenvalue weighted by Crippen LogP contribution is 2.25. The van der Waals surface area contributed by atoms with Crippen molar-refractivity contribution < 1.29 is 19.4 Å². The first-order chi connectivity index (χ1) is 10.1. The largest absolute Gasteiger partial charge is 0.480 e. The molecule has 1 saturated heterocycles. The van der Waals surface area contributed by atoms with Crippen molar-refractivity contribution in [3.63, 3.8) is 0 Å². The van der Waals surface area contributed by atoms with E-state index in [0.717, 1.165) is 19.4 Å². The van der Waals surface area contributed by atoms with Crippen LogP contribution >= 0.6 is 0 Å². The number of hydrogen-bond acceptors (Lipinski definition) is 4.